The van der Waals surface area contributed by atoms with E-state index in [9.17, 15) is 9.18 Å². The van der Waals surface area contributed by atoms with Crippen LogP contribution in [0.15, 0.2) is 6.20 Å². The Labute approximate surface area is 78.1 Å². The molecule has 1 aromatic rings. The first-order chi connectivity index (χ1) is 6.70. The number of fused-ring (bicyclic) bond motifs is 1. The number of aromatic carboxylic acids is 1. The Kier molecular flexibility index (Phi) is 1.95. The summed E-state index contributed by atoms with van der Waals surface area (Å²) in [6.45, 7) is 0.507. The topological polar surface area (TPSA) is 68.7 Å². The van der Waals surface area contributed by atoms with Gasteiger partial charge in [-0.15, -0.1) is 0 Å². The summed E-state index contributed by atoms with van der Waals surface area (Å²) >= 11 is 0. The summed E-state index contributed by atoms with van der Waals surface area (Å²) in [7, 11) is 0. The van der Waals surface area contributed by atoms with Crippen molar-refractivity contribution < 1.29 is 23.8 Å². The molecule has 0 saturated carbocycles. The second-order valence-corrected chi connectivity index (χ2v) is 2.62. The first-order valence-corrected chi connectivity index (χ1v) is 3.87. The molecule has 74 valence electrons. The van der Waals surface area contributed by atoms with E-state index in [2.05, 4.69) is 4.98 Å². The number of ether oxygens (including phenoxy) is 2. The van der Waals surface area contributed by atoms with Crippen LogP contribution in [-0.4, -0.2) is 29.3 Å². The molecule has 1 aliphatic rings. The Balaban J connectivity index is 2.54. The molecule has 0 unspecified atom stereocenters. The maximum atomic E-state index is 13.4. The summed E-state index contributed by atoms with van der Waals surface area (Å²) in [5, 5.41) is 8.57. The molecule has 0 atom stereocenters. The first kappa shape index (κ1) is 8.74. The van der Waals surface area contributed by atoms with Crippen molar-refractivity contribution in [1.82, 2.24) is 4.98 Å². The van der Waals surface area contributed by atoms with Crippen molar-refractivity contribution in [2.75, 3.05) is 13.2 Å². The number of carboxylic acid groups (broad SMARTS) is 1. The molecule has 0 aromatic carbocycles. The van der Waals surface area contributed by atoms with Crippen molar-refractivity contribution in [3.8, 4) is 11.5 Å². The van der Waals surface area contributed by atoms with Gasteiger partial charge in [0.05, 0.1) is 6.20 Å². The van der Waals surface area contributed by atoms with Crippen molar-refractivity contribution in [1.29, 1.82) is 0 Å². The second-order valence-electron chi connectivity index (χ2n) is 2.62. The molecule has 0 saturated heterocycles. The van der Waals surface area contributed by atoms with E-state index in [1.54, 1.807) is 0 Å². The number of nitrogens with zero attached hydrogens (tertiary/aromatic N) is 1. The van der Waals surface area contributed by atoms with Crippen molar-refractivity contribution >= 4 is 5.97 Å². The zero-order valence-electron chi connectivity index (χ0n) is 6.99. The van der Waals surface area contributed by atoms with Gasteiger partial charge in [-0.2, -0.15) is 0 Å². The average Bonchev–Trinajstić information content (AvgIpc) is 2.18. The lowest BCUT2D eigenvalue weighted by atomic mass is 10.3. The molecule has 0 fully saturated rings. The predicted octanol–water partition coefficient (Wildman–Crippen LogP) is 0.690. The number of hydrogen-bond acceptors (Lipinski definition) is 4. The lowest BCUT2D eigenvalue weighted by Crippen LogP contribution is -2.18. The van der Waals surface area contributed by atoms with Crippen LogP contribution in [0, 0.1) is 5.82 Å². The van der Waals surface area contributed by atoms with Crippen LogP contribution in [0.3, 0.4) is 0 Å². The number of carboxylic acids is 1. The van der Waals surface area contributed by atoms with Crippen LogP contribution in [-0.2, 0) is 0 Å². The molecule has 1 aliphatic heterocycles. The zero-order valence-corrected chi connectivity index (χ0v) is 6.99. The fourth-order valence-corrected chi connectivity index (χ4v) is 1.14. The SMILES string of the molecule is O=C(O)c1ncc2c(c1F)OCCO2. The van der Waals surface area contributed by atoms with E-state index >= 15 is 0 Å². The molecule has 0 spiro atoms. The second kappa shape index (κ2) is 3.13. The third kappa shape index (κ3) is 1.24. The Hall–Kier alpha value is -1.85. The Bertz CT molecular complexity index is 393. The summed E-state index contributed by atoms with van der Waals surface area (Å²) in [5.74, 6) is -2.46. The van der Waals surface area contributed by atoms with E-state index in [4.69, 9.17) is 14.6 Å². The Morgan fingerprint density at radius 3 is 2.93 bits per heavy atom. The van der Waals surface area contributed by atoms with Crippen LogP contribution in [0.4, 0.5) is 4.39 Å². The normalized spacial score (nSPS) is 13.8. The zero-order chi connectivity index (χ0) is 10.1. The lowest BCUT2D eigenvalue weighted by molar-refractivity contribution is 0.0681. The highest BCUT2D eigenvalue weighted by Crippen LogP contribution is 2.32. The molecule has 14 heavy (non-hydrogen) atoms. The standard InChI is InChI=1S/C8H6FNO4/c9-5-6(8(11)12)10-3-4-7(5)14-2-1-13-4/h3H,1-2H2,(H,11,12). The molecular weight excluding hydrogens is 193 g/mol. The first-order valence-electron chi connectivity index (χ1n) is 3.87. The van der Waals surface area contributed by atoms with Gasteiger partial charge in [-0.1, -0.05) is 0 Å². The molecule has 1 N–H and O–H groups in total. The van der Waals surface area contributed by atoms with Crippen LogP contribution < -0.4 is 9.47 Å². The smallest absolute Gasteiger partial charge is 0.357 e. The Morgan fingerprint density at radius 2 is 2.21 bits per heavy atom. The fourth-order valence-electron chi connectivity index (χ4n) is 1.14. The van der Waals surface area contributed by atoms with Crippen molar-refractivity contribution in [2.24, 2.45) is 0 Å². The molecule has 0 amide bonds. The third-order valence-corrected chi connectivity index (χ3v) is 1.73. The number of hydrogen-bond donors (Lipinski definition) is 1. The summed E-state index contributed by atoms with van der Waals surface area (Å²) in [6.07, 6.45) is 1.14. The van der Waals surface area contributed by atoms with Crippen LogP contribution in [0.1, 0.15) is 10.5 Å². The van der Waals surface area contributed by atoms with E-state index in [1.165, 1.54) is 0 Å². The summed E-state index contributed by atoms with van der Waals surface area (Å²) in [4.78, 5) is 13.9. The highest BCUT2D eigenvalue weighted by atomic mass is 19.1. The highest BCUT2D eigenvalue weighted by Gasteiger charge is 2.23. The van der Waals surface area contributed by atoms with Gasteiger partial charge in [-0.25, -0.2) is 14.2 Å². The van der Waals surface area contributed by atoms with Gasteiger partial charge in [0, 0.05) is 0 Å². The van der Waals surface area contributed by atoms with Crippen molar-refractivity contribution in [2.45, 2.75) is 0 Å². The number of pyridine rings is 1. The van der Waals surface area contributed by atoms with Gasteiger partial charge in [-0.3, -0.25) is 0 Å². The van der Waals surface area contributed by atoms with Crippen LogP contribution in [0.25, 0.3) is 0 Å². The van der Waals surface area contributed by atoms with Gasteiger partial charge in [0.25, 0.3) is 0 Å². The summed E-state index contributed by atoms with van der Waals surface area (Å²) in [6, 6.07) is 0. The summed E-state index contributed by atoms with van der Waals surface area (Å²) in [5.41, 5.74) is -0.658. The minimum atomic E-state index is -1.43. The van der Waals surface area contributed by atoms with Crippen LogP contribution in [0.5, 0.6) is 11.5 Å². The number of rotatable bonds is 1. The molecule has 6 heteroatoms. The van der Waals surface area contributed by atoms with E-state index < -0.39 is 17.5 Å². The van der Waals surface area contributed by atoms with Gasteiger partial charge < -0.3 is 14.6 Å². The average molecular weight is 199 g/mol. The molecule has 0 aliphatic carbocycles. The summed E-state index contributed by atoms with van der Waals surface area (Å²) < 4.78 is 23.3. The largest absolute Gasteiger partial charge is 0.484 e. The number of halogens is 1. The molecule has 5 nitrogen and oxygen atoms in total. The molecule has 0 radical (unpaired) electrons. The maximum absolute atomic E-state index is 13.4. The van der Waals surface area contributed by atoms with Gasteiger partial charge in [0.2, 0.25) is 11.6 Å². The quantitative estimate of drug-likeness (QED) is 0.720. The fraction of sp³-hybridized carbons (Fsp3) is 0.250. The van der Waals surface area contributed by atoms with E-state index in [1.807, 2.05) is 0 Å². The van der Waals surface area contributed by atoms with Crippen molar-refractivity contribution in [3.63, 3.8) is 0 Å². The molecule has 2 rings (SSSR count). The monoisotopic (exact) mass is 199 g/mol. The highest BCUT2D eigenvalue weighted by molar-refractivity contribution is 5.86. The third-order valence-electron chi connectivity index (χ3n) is 1.73. The predicted molar refractivity (Wildman–Crippen MR) is 42.1 cm³/mol. The number of carbonyl (C=O) groups is 1. The minimum Gasteiger partial charge on any atom is -0.484 e. The van der Waals surface area contributed by atoms with E-state index in [0.717, 1.165) is 6.20 Å². The molecular formula is C8H6FNO4. The van der Waals surface area contributed by atoms with Gasteiger partial charge in [0.1, 0.15) is 13.2 Å². The van der Waals surface area contributed by atoms with E-state index in [-0.39, 0.29) is 18.1 Å². The maximum Gasteiger partial charge on any atom is 0.357 e. The number of aromatic nitrogens is 1. The van der Waals surface area contributed by atoms with E-state index in [0.29, 0.717) is 6.61 Å². The van der Waals surface area contributed by atoms with Gasteiger partial charge >= 0.3 is 5.97 Å². The molecule has 1 aromatic heterocycles. The molecule has 0 bridgehead atoms. The molecule has 2 heterocycles. The van der Waals surface area contributed by atoms with Crippen LogP contribution >= 0.6 is 0 Å². The van der Waals surface area contributed by atoms with Gasteiger partial charge in [0.15, 0.2) is 11.4 Å². The Morgan fingerprint density at radius 1 is 1.50 bits per heavy atom. The minimum absolute atomic E-state index is 0.138. The van der Waals surface area contributed by atoms with Gasteiger partial charge in [-0.05, 0) is 0 Å². The van der Waals surface area contributed by atoms with Crippen molar-refractivity contribution in [3.05, 3.63) is 17.7 Å². The van der Waals surface area contributed by atoms with Crippen LogP contribution in [0.2, 0.25) is 0 Å². The lowest BCUT2D eigenvalue weighted by Gasteiger charge is -2.18.